The van der Waals surface area contributed by atoms with E-state index < -0.39 is 5.92 Å². The number of amides is 1. The van der Waals surface area contributed by atoms with Crippen molar-refractivity contribution in [2.75, 3.05) is 12.4 Å². The van der Waals surface area contributed by atoms with Gasteiger partial charge in [-0.15, -0.1) is 10.2 Å². The first-order chi connectivity index (χ1) is 12.2. The quantitative estimate of drug-likeness (QED) is 0.721. The maximum Gasteiger partial charge on any atom is 0.235 e. The van der Waals surface area contributed by atoms with Crippen LogP contribution in [0.3, 0.4) is 0 Å². The highest BCUT2D eigenvalue weighted by molar-refractivity contribution is 5.95. The van der Waals surface area contributed by atoms with Crippen LogP contribution in [0.2, 0.25) is 0 Å². The Bertz CT molecular complexity index is 848. The summed E-state index contributed by atoms with van der Waals surface area (Å²) in [5, 5.41) is 16.9. The molecule has 7 nitrogen and oxygen atoms in total. The van der Waals surface area contributed by atoms with Crippen LogP contribution in [0.25, 0.3) is 0 Å². The predicted octanol–water partition coefficient (Wildman–Crippen LogP) is 2.48. The number of aryl methyl sites for hydroxylation is 1. The van der Waals surface area contributed by atoms with Crippen LogP contribution in [0.1, 0.15) is 22.9 Å². The van der Waals surface area contributed by atoms with Crippen LogP contribution in [0.4, 0.5) is 5.69 Å². The number of carbonyl (C=O) groups is 1. The Labute approximate surface area is 145 Å². The van der Waals surface area contributed by atoms with Crippen molar-refractivity contribution < 1.29 is 9.53 Å². The highest BCUT2D eigenvalue weighted by Gasteiger charge is 2.25. The number of benzene rings is 2. The Kier molecular flexibility index (Phi) is 5.03. The summed E-state index contributed by atoms with van der Waals surface area (Å²) in [7, 11) is 1.61. The van der Waals surface area contributed by atoms with Gasteiger partial charge in [0, 0.05) is 5.69 Å². The summed E-state index contributed by atoms with van der Waals surface area (Å²) in [5.41, 5.74) is 2.76. The molecule has 0 fully saturated rings. The molecule has 0 aliphatic carbocycles. The van der Waals surface area contributed by atoms with Crippen molar-refractivity contribution in [1.29, 1.82) is 0 Å². The molecule has 7 heteroatoms. The first-order valence-electron chi connectivity index (χ1n) is 7.89. The number of hydrogen-bond donors (Lipinski definition) is 2. The van der Waals surface area contributed by atoms with Gasteiger partial charge in [0.15, 0.2) is 5.82 Å². The molecule has 1 atom stereocenters. The minimum absolute atomic E-state index is 0.185. The molecule has 3 aromatic rings. The zero-order valence-corrected chi connectivity index (χ0v) is 14.1. The Hall–Kier alpha value is -3.22. The number of anilines is 1. The molecule has 25 heavy (non-hydrogen) atoms. The number of rotatable bonds is 6. The van der Waals surface area contributed by atoms with Gasteiger partial charge in [-0.25, -0.2) is 0 Å². The van der Waals surface area contributed by atoms with Gasteiger partial charge in [-0.05, 0) is 48.7 Å². The molecular formula is C18H19N5O2. The number of tetrazole rings is 1. The third-order valence-electron chi connectivity index (χ3n) is 3.85. The van der Waals surface area contributed by atoms with E-state index in [0.717, 1.165) is 22.6 Å². The van der Waals surface area contributed by atoms with E-state index in [1.165, 1.54) is 0 Å². The molecule has 0 saturated heterocycles. The second-order valence-corrected chi connectivity index (χ2v) is 5.74. The molecule has 0 aliphatic rings. The zero-order valence-electron chi connectivity index (χ0n) is 14.1. The number of aromatic nitrogens is 4. The summed E-state index contributed by atoms with van der Waals surface area (Å²) in [6.45, 7) is 1.97. The largest absolute Gasteiger partial charge is 0.497 e. The lowest BCUT2D eigenvalue weighted by atomic mass is 9.97. The predicted molar refractivity (Wildman–Crippen MR) is 93.4 cm³/mol. The van der Waals surface area contributed by atoms with E-state index >= 15 is 0 Å². The van der Waals surface area contributed by atoms with Gasteiger partial charge in [-0.1, -0.05) is 29.5 Å². The molecular weight excluding hydrogens is 318 g/mol. The summed E-state index contributed by atoms with van der Waals surface area (Å²) in [5.74, 6) is 0.345. The molecule has 0 saturated carbocycles. The monoisotopic (exact) mass is 337 g/mol. The number of nitrogens with zero attached hydrogens (tertiary/aromatic N) is 3. The van der Waals surface area contributed by atoms with Crippen LogP contribution in [0.15, 0.2) is 48.5 Å². The molecule has 0 aliphatic heterocycles. The molecule has 128 valence electrons. The molecule has 1 amide bonds. The number of H-pyrrole nitrogens is 1. The van der Waals surface area contributed by atoms with Gasteiger partial charge in [0.1, 0.15) is 11.7 Å². The van der Waals surface area contributed by atoms with E-state index in [-0.39, 0.29) is 5.91 Å². The van der Waals surface area contributed by atoms with Crippen LogP contribution >= 0.6 is 0 Å². The molecule has 2 N–H and O–H groups in total. The first-order valence-corrected chi connectivity index (χ1v) is 7.89. The molecule has 1 aromatic heterocycles. The van der Waals surface area contributed by atoms with Crippen molar-refractivity contribution in [3.8, 4) is 5.75 Å². The Morgan fingerprint density at radius 1 is 1.24 bits per heavy atom. The lowest BCUT2D eigenvalue weighted by molar-refractivity contribution is -0.117. The van der Waals surface area contributed by atoms with Crippen LogP contribution in [-0.2, 0) is 11.2 Å². The third kappa shape index (κ3) is 4.20. The van der Waals surface area contributed by atoms with Crippen molar-refractivity contribution in [1.82, 2.24) is 20.6 Å². The lowest BCUT2D eigenvalue weighted by Gasteiger charge is -2.14. The molecule has 2 aromatic carbocycles. The van der Waals surface area contributed by atoms with Crippen molar-refractivity contribution in [3.63, 3.8) is 0 Å². The summed E-state index contributed by atoms with van der Waals surface area (Å²) < 4.78 is 5.25. The molecule has 1 unspecified atom stereocenters. The van der Waals surface area contributed by atoms with Gasteiger partial charge < -0.3 is 10.1 Å². The molecule has 1 heterocycles. The second-order valence-electron chi connectivity index (χ2n) is 5.74. The number of carbonyl (C=O) groups excluding carboxylic acids is 1. The van der Waals surface area contributed by atoms with E-state index in [1.807, 2.05) is 55.5 Å². The number of methoxy groups -OCH3 is 1. The summed E-state index contributed by atoms with van der Waals surface area (Å²) in [6.07, 6.45) is 0.439. The summed E-state index contributed by atoms with van der Waals surface area (Å²) in [6, 6.07) is 15.2. The van der Waals surface area contributed by atoms with Crippen molar-refractivity contribution in [2.24, 2.45) is 0 Å². The van der Waals surface area contributed by atoms with Crippen LogP contribution in [0, 0.1) is 6.92 Å². The first kappa shape index (κ1) is 16.6. The van der Waals surface area contributed by atoms with Crippen molar-refractivity contribution >= 4 is 11.6 Å². The maximum absolute atomic E-state index is 12.8. The Balaban J connectivity index is 1.83. The van der Waals surface area contributed by atoms with E-state index in [1.54, 1.807) is 7.11 Å². The van der Waals surface area contributed by atoms with E-state index in [4.69, 9.17) is 4.74 Å². The smallest absolute Gasteiger partial charge is 0.235 e. The molecule has 0 radical (unpaired) electrons. The van der Waals surface area contributed by atoms with Gasteiger partial charge in [0.25, 0.3) is 0 Å². The van der Waals surface area contributed by atoms with Crippen molar-refractivity contribution in [3.05, 3.63) is 65.5 Å². The van der Waals surface area contributed by atoms with E-state index in [9.17, 15) is 4.79 Å². The van der Waals surface area contributed by atoms with Crippen molar-refractivity contribution in [2.45, 2.75) is 19.3 Å². The molecule has 0 spiro atoms. The fourth-order valence-corrected chi connectivity index (χ4v) is 2.61. The number of nitrogens with one attached hydrogen (secondary N) is 2. The minimum Gasteiger partial charge on any atom is -0.497 e. The van der Waals surface area contributed by atoms with Crippen LogP contribution < -0.4 is 10.1 Å². The highest BCUT2D eigenvalue weighted by Crippen LogP contribution is 2.22. The maximum atomic E-state index is 12.8. The van der Waals surface area contributed by atoms with Gasteiger partial charge in [-0.3, -0.25) is 4.79 Å². The SMILES string of the molecule is COc1cccc(CC(C(=O)Nc2cccc(C)c2)c2nn[nH]n2)c1. The van der Waals surface area contributed by atoms with Gasteiger partial charge in [0.05, 0.1) is 7.11 Å². The Morgan fingerprint density at radius 2 is 2.08 bits per heavy atom. The van der Waals surface area contributed by atoms with Crippen LogP contribution in [-0.4, -0.2) is 33.6 Å². The summed E-state index contributed by atoms with van der Waals surface area (Å²) >= 11 is 0. The fourth-order valence-electron chi connectivity index (χ4n) is 2.61. The van der Waals surface area contributed by atoms with E-state index in [0.29, 0.717) is 12.2 Å². The number of ether oxygens (including phenoxy) is 1. The lowest BCUT2D eigenvalue weighted by Crippen LogP contribution is -2.24. The fraction of sp³-hybridized carbons (Fsp3) is 0.222. The normalized spacial score (nSPS) is 11.8. The molecule has 0 bridgehead atoms. The topological polar surface area (TPSA) is 92.8 Å². The highest BCUT2D eigenvalue weighted by atomic mass is 16.5. The van der Waals surface area contributed by atoms with Crippen LogP contribution in [0.5, 0.6) is 5.75 Å². The standard InChI is InChI=1S/C18H19N5O2/c1-12-5-3-7-14(9-12)19-18(24)16(17-20-22-23-21-17)11-13-6-4-8-15(10-13)25-2/h3-10,16H,11H2,1-2H3,(H,19,24)(H,20,21,22,23). The second kappa shape index (κ2) is 7.57. The van der Waals surface area contributed by atoms with Gasteiger partial charge in [0.2, 0.25) is 5.91 Å². The third-order valence-corrected chi connectivity index (χ3v) is 3.85. The van der Waals surface area contributed by atoms with Gasteiger partial charge >= 0.3 is 0 Å². The number of aromatic amines is 1. The van der Waals surface area contributed by atoms with Gasteiger partial charge in [-0.2, -0.15) is 5.21 Å². The minimum atomic E-state index is -0.564. The average molecular weight is 337 g/mol. The van der Waals surface area contributed by atoms with E-state index in [2.05, 4.69) is 25.9 Å². The zero-order chi connectivity index (χ0) is 17.6. The molecule has 3 rings (SSSR count). The Morgan fingerprint density at radius 3 is 2.80 bits per heavy atom. The summed E-state index contributed by atoms with van der Waals surface area (Å²) in [4.78, 5) is 12.8. The number of hydrogen-bond acceptors (Lipinski definition) is 5. The average Bonchev–Trinajstić information content (AvgIpc) is 3.14.